The standard InChI is InChI=1S/C14H17ClN2O4S/c15-11-1-3-12(4-2-11)22(20,21)9-13(18)17-7-5-10(6-8-17)14(16)19/h1-4,10H,5-9H2,(H2,16,19). The molecule has 120 valence electrons. The first-order valence-electron chi connectivity index (χ1n) is 6.85. The second-order valence-electron chi connectivity index (χ2n) is 5.27. The topological polar surface area (TPSA) is 97.5 Å². The van der Waals surface area contributed by atoms with E-state index in [1.54, 1.807) is 0 Å². The Morgan fingerprint density at radius 2 is 1.73 bits per heavy atom. The molecule has 0 aromatic heterocycles. The lowest BCUT2D eigenvalue weighted by molar-refractivity contribution is -0.132. The molecule has 1 aromatic rings. The summed E-state index contributed by atoms with van der Waals surface area (Å²) in [7, 11) is -3.70. The number of piperidine rings is 1. The normalized spacial score (nSPS) is 16.5. The number of amides is 2. The maximum absolute atomic E-state index is 12.2. The number of sulfone groups is 1. The average molecular weight is 345 g/mol. The molecule has 1 fully saturated rings. The maximum atomic E-state index is 12.2. The number of carbonyl (C=O) groups excluding carboxylic acids is 2. The summed E-state index contributed by atoms with van der Waals surface area (Å²) >= 11 is 5.72. The van der Waals surface area contributed by atoms with Crippen molar-refractivity contribution in [3.05, 3.63) is 29.3 Å². The molecule has 6 nitrogen and oxygen atoms in total. The van der Waals surface area contributed by atoms with Crippen LogP contribution in [0, 0.1) is 5.92 Å². The SMILES string of the molecule is NC(=O)C1CCN(C(=O)CS(=O)(=O)c2ccc(Cl)cc2)CC1. The summed E-state index contributed by atoms with van der Waals surface area (Å²) in [6.45, 7) is 0.700. The van der Waals surface area contributed by atoms with Gasteiger partial charge in [-0.15, -0.1) is 0 Å². The van der Waals surface area contributed by atoms with Crippen LogP contribution >= 0.6 is 11.6 Å². The number of carbonyl (C=O) groups is 2. The fourth-order valence-corrected chi connectivity index (χ4v) is 3.74. The number of rotatable bonds is 4. The number of nitrogens with two attached hydrogens (primary N) is 1. The predicted octanol–water partition coefficient (Wildman–Crippen LogP) is 0.838. The molecule has 2 rings (SSSR count). The summed E-state index contributed by atoms with van der Waals surface area (Å²) in [5.41, 5.74) is 5.23. The minimum absolute atomic E-state index is 0.0669. The van der Waals surface area contributed by atoms with Crippen molar-refractivity contribution in [3.63, 3.8) is 0 Å². The van der Waals surface area contributed by atoms with Crippen molar-refractivity contribution in [2.45, 2.75) is 17.7 Å². The molecule has 0 atom stereocenters. The van der Waals surface area contributed by atoms with E-state index in [0.29, 0.717) is 31.0 Å². The van der Waals surface area contributed by atoms with Crippen molar-refractivity contribution in [1.29, 1.82) is 0 Å². The number of primary amides is 1. The molecule has 22 heavy (non-hydrogen) atoms. The van der Waals surface area contributed by atoms with Crippen LogP contribution in [0.25, 0.3) is 0 Å². The molecule has 1 heterocycles. The van der Waals surface area contributed by atoms with Crippen LogP contribution in [0.3, 0.4) is 0 Å². The zero-order valence-electron chi connectivity index (χ0n) is 11.9. The molecule has 0 aliphatic carbocycles. The van der Waals surface area contributed by atoms with Gasteiger partial charge in [0.1, 0.15) is 5.75 Å². The van der Waals surface area contributed by atoms with Gasteiger partial charge in [0.05, 0.1) is 4.90 Å². The van der Waals surface area contributed by atoms with Crippen LogP contribution in [0.5, 0.6) is 0 Å². The number of nitrogens with zero attached hydrogens (tertiary/aromatic N) is 1. The van der Waals surface area contributed by atoms with Crippen LogP contribution in [0.2, 0.25) is 5.02 Å². The molecule has 1 aliphatic heterocycles. The minimum Gasteiger partial charge on any atom is -0.369 e. The van der Waals surface area contributed by atoms with E-state index in [1.807, 2.05) is 0 Å². The molecule has 1 aromatic carbocycles. The van der Waals surface area contributed by atoms with Gasteiger partial charge in [-0.05, 0) is 37.1 Å². The third-order valence-electron chi connectivity index (χ3n) is 3.74. The Morgan fingerprint density at radius 1 is 1.18 bits per heavy atom. The van der Waals surface area contributed by atoms with Crippen LogP contribution in [0.1, 0.15) is 12.8 Å². The molecule has 0 unspecified atom stereocenters. The van der Waals surface area contributed by atoms with Crippen LogP contribution < -0.4 is 5.73 Å². The lowest BCUT2D eigenvalue weighted by Crippen LogP contribution is -2.43. The third-order valence-corrected chi connectivity index (χ3v) is 5.61. The van der Waals surface area contributed by atoms with Crippen LogP contribution in [0.4, 0.5) is 0 Å². The van der Waals surface area contributed by atoms with Crippen LogP contribution in [-0.2, 0) is 19.4 Å². The highest BCUT2D eigenvalue weighted by Gasteiger charge is 2.28. The largest absolute Gasteiger partial charge is 0.369 e. The zero-order chi connectivity index (χ0) is 16.3. The Labute approximate surface area is 134 Å². The van der Waals surface area contributed by atoms with E-state index in [0.717, 1.165) is 0 Å². The molecule has 0 bridgehead atoms. The molecular formula is C14H17ClN2O4S. The van der Waals surface area contributed by atoms with E-state index >= 15 is 0 Å². The second kappa shape index (κ2) is 6.66. The van der Waals surface area contributed by atoms with Crippen LogP contribution in [-0.4, -0.2) is 44.0 Å². The number of hydrogen-bond donors (Lipinski definition) is 1. The van der Waals surface area contributed by atoms with Crippen molar-refractivity contribution in [1.82, 2.24) is 4.90 Å². The van der Waals surface area contributed by atoms with Crippen molar-refractivity contribution < 1.29 is 18.0 Å². The van der Waals surface area contributed by atoms with Crippen LogP contribution in [0.15, 0.2) is 29.2 Å². The zero-order valence-corrected chi connectivity index (χ0v) is 13.4. The van der Waals surface area contributed by atoms with Crippen molar-refractivity contribution in [3.8, 4) is 0 Å². The number of hydrogen-bond acceptors (Lipinski definition) is 4. The first-order valence-corrected chi connectivity index (χ1v) is 8.88. The fourth-order valence-electron chi connectivity index (χ4n) is 2.39. The van der Waals surface area contributed by atoms with Crippen molar-refractivity contribution in [2.75, 3.05) is 18.8 Å². The Balaban J connectivity index is 2.00. The van der Waals surface area contributed by atoms with E-state index in [-0.39, 0.29) is 16.7 Å². The molecule has 8 heteroatoms. The molecule has 0 spiro atoms. The summed E-state index contributed by atoms with van der Waals surface area (Å²) in [6.07, 6.45) is 0.949. The van der Waals surface area contributed by atoms with Gasteiger partial charge in [-0.2, -0.15) is 0 Å². The quantitative estimate of drug-likeness (QED) is 0.875. The molecule has 2 N–H and O–H groups in total. The predicted molar refractivity (Wildman–Crippen MR) is 82.0 cm³/mol. The monoisotopic (exact) mass is 344 g/mol. The summed E-state index contributed by atoms with van der Waals surface area (Å²) in [5, 5.41) is 0.429. The van der Waals surface area contributed by atoms with E-state index in [4.69, 9.17) is 17.3 Å². The highest BCUT2D eigenvalue weighted by atomic mass is 35.5. The third kappa shape index (κ3) is 3.98. The van der Waals surface area contributed by atoms with Gasteiger partial charge >= 0.3 is 0 Å². The van der Waals surface area contributed by atoms with Crippen molar-refractivity contribution >= 4 is 33.3 Å². The average Bonchev–Trinajstić information content (AvgIpc) is 2.47. The highest BCUT2D eigenvalue weighted by molar-refractivity contribution is 7.92. The van der Waals surface area contributed by atoms with Gasteiger partial charge in [0.2, 0.25) is 11.8 Å². The molecule has 0 radical (unpaired) electrons. The Hall–Kier alpha value is -1.60. The lowest BCUT2D eigenvalue weighted by Gasteiger charge is -2.30. The molecule has 1 aliphatic rings. The summed E-state index contributed by atoms with van der Waals surface area (Å²) in [4.78, 5) is 24.8. The second-order valence-corrected chi connectivity index (χ2v) is 7.70. The van der Waals surface area contributed by atoms with Gasteiger partial charge in [-0.25, -0.2) is 8.42 Å². The molecular weight excluding hydrogens is 328 g/mol. The number of likely N-dealkylation sites (tertiary alicyclic amines) is 1. The maximum Gasteiger partial charge on any atom is 0.238 e. The highest BCUT2D eigenvalue weighted by Crippen LogP contribution is 2.19. The lowest BCUT2D eigenvalue weighted by atomic mass is 9.96. The van der Waals surface area contributed by atoms with Crippen molar-refractivity contribution in [2.24, 2.45) is 11.7 Å². The van der Waals surface area contributed by atoms with Gasteiger partial charge in [-0.1, -0.05) is 11.6 Å². The molecule has 0 saturated carbocycles. The van der Waals surface area contributed by atoms with Gasteiger partial charge in [0.25, 0.3) is 0 Å². The minimum atomic E-state index is -3.70. The Morgan fingerprint density at radius 3 is 2.23 bits per heavy atom. The molecule has 1 saturated heterocycles. The van der Waals surface area contributed by atoms with E-state index < -0.39 is 21.5 Å². The Bertz CT molecular complexity index is 665. The summed E-state index contributed by atoms with van der Waals surface area (Å²) in [6, 6.07) is 5.70. The smallest absolute Gasteiger partial charge is 0.238 e. The van der Waals surface area contributed by atoms with Gasteiger partial charge < -0.3 is 10.6 Å². The van der Waals surface area contributed by atoms with Gasteiger partial charge in [0.15, 0.2) is 9.84 Å². The Kier molecular flexibility index (Phi) is 5.08. The number of benzene rings is 1. The van der Waals surface area contributed by atoms with E-state index in [9.17, 15) is 18.0 Å². The first-order chi connectivity index (χ1) is 10.3. The van der Waals surface area contributed by atoms with E-state index in [1.165, 1.54) is 29.2 Å². The number of halogens is 1. The first kappa shape index (κ1) is 16.8. The summed E-state index contributed by atoms with van der Waals surface area (Å²) in [5.74, 6) is -1.66. The van der Waals surface area contributed by atoms with Gasteiger partial charge in [-0.3, -0.25) is 9.59 Å². The van der Waals surface area contributed by atoms with Gasteiger partial charge in [0, 0.05) is 24.0 Å². The fraction of sp³-hybridized carbons (Fsp3) is 0.429. The summed E-state index contributed by atoms with van der Waals surface area (Å²) < 4.78 is 24.4. The molecule has 2 amide bonds. The van der Waals surface area contributed by atoms with E-state index in [2.05, 4.69) is 0 Å².